The van der Waals surface area contributed by atoms with Crippen LogP contribution in [0.2, 0.25) is 0 Å². The van der Waals surface area contributed by atoms with E-state index in [0.29, 0.717) is 5.82 Å². The third-order valence-electron chi connectivity index (χ3n) is 11.8. The number of aromatic nitrogens is 2. The number of para-hydroxylation sites is 1. The van der Waals surface area contributed by atoms with E-state index in [1.54, 1.807) is 0 Å². The first-order chi connectivity index (χ1) is 28.1. The van der Waals surface area contributed by atoms with E-state index in [1.165, 1.54) is 38.9 Å². The Kier molecular flexibility index (Phi) is 7.61. The lowest BCUT2D eigenvalue weighted by Crippen LogP contribution is -2.22. The van der Waals surface area contributed by atoms with E-state index < -0.39 is 0 Å². The van der Waals surface area contributed by atoms with Crippen LogP contribution in [0.4, 0.5) is 0 Å². The molecule has 2 aromatic heterocycles. The van der Waals surface area contributed by atoms with Gasteiger partial charge in [0.2, 0.25) is 0 Å². The molecule has 57 heavy (non-hydrogen) atoms. The van der Waals surface area contributed by atoms with Crippen molar-refractivity contribution in [2.75, 3.05) is 0 Å². The molecule has 3 heteroatoms. The van der Waals surface area contributed by atoms with Crippen molar-refractivity contribution in [3.05, 3.63) is 217 Å². The Hall–Kier alpha value is -7.36. The van der Waals surface area contributed by atoms with E-state index in [0.717, 1.165) is 61.1 Å². The summed E-state index contributed by atoms with van der Waals surface area (Å²) in [5.74, 6) is 0.693. The summed E-state index contributed by atoms with van der Waals surface area (Å²) in [6.45, 7) is 2.38. The predicted molar refractivity (Wildman–Crippen MR) is 234 cm³/mol. The maximum atomic E-state index is 6.26. The lowest BCUT2D eigenvalue weighted by atomic mass is 9.73. The van der Waals surface area contributed by atoms with E-state index in [9.17, 15) is 0 Å². The molecule has 3 nitrogen and oxygen atoms in total. The van der Waals surface area contributed by atoms with E-state index in [-0.39, 0.29) is 5.41 Å². The third kappa shape index (κ3) is 5.43. The molecule has 0 bridgehead atoms. The Bertz CT molecular complexity index is 3130. The molecule has 11 rings (SSSR count). The van der Waals surface area contributed by atoms with Gasteiger partial charge in [-0.25, -0.2) is 9.97 Å². The highest BCUT2D eigenvalue weighted by Crippen LogP contribution is 2.55. The quantitative estimate of drug-likeness (QED) is 0.171. The summed E-state index contributed by atoms with van der Waals surface area (Å²) in [6.07, 6.45) is 0. The molecule has 0 fully saturated rings. The SMILES string of the molecule is CC1(c2ccccc2)c2cc(-c3cc(-c4cccc(-c5ccc6c(c5)oc5ccccc56)c4)nc(-c4ccccc4)n3)ccc2-c2c(-c3ccccc3)cccc21. The number of nitrogens with zero attached hydrogens (tertiary/aromatic N) is 2. The largest absolute Gasteiger partial charge is 0.456 e. The van der Waals surface area contributed by atoms with Gasteiger partial charge in [0.1, 0.15) is 11.2 Å². The molecule has 0 saturated heterocycles. The number of hydrogen-bond donors (Lipinski definition) is 0. The van der Waals surface area contributed by atoms with E-state index >= 15 is 0 Å². The van der Waals surface area contributed by atoms with Crippen molar-refractivity contribution in [1.82, 2.24) is 9.97 Å². The van der Waals surface area contributed by atoms with Crippen molar-refractivity contribution in [3.8, 4) is 67.3 Å². The second kappa shape index (κ2) is 13.1. The summed E-state index contributed by atoms with van der Waals surface area (Å²) in [4.78, 5) is 10.5. The van der Waals surface area contributed by atoms with Gasteiger partial charge in [-0.3, -0.25) is 0 Å². The fourth-order valence-electron chi connectivity index (χ4n) is 8.90. The number of fused-ring (bicyclic) bond motifs is 6. The van der Waals surface area contributed by atoms with Gasteiger partial charge in [0.25, 0.3) is 0 Å². The molecule has 0 aliphatic heterocycles. The van der Waals surface area contributed by atoms with Crippen LogP contribution in [-0.4, -0.2) is 9.97 Å². The minimum Gasteiger partial charge on any atom is -0.456 e. The van der Waals surface area contributed by atoms with Crippen LogP contribution in [0.1, 0.15) is 23.6 Å². The molecule has 268 valence electrons. The molecule has 0 radical (unpaired) electrons. The van der Waals surface area contributed by atoms with Crippen LogP contribution in [0.5, 0.6) is 0 Å². The highest BCUT2D eigenvalue weighted by molar-refractivity contribution is 6.06. The Labute approximate surface area is 331 Å². The Balaban J connectivity index is 1.07. The first-order valence-electron chi connectivity index (χ1n) is 19.5. The van der Waals surface area contributed by atoms with Crippen LogP contribution >= 0.6 is 0 Å². The summed E-state index contributed by atoms with van der Waals surface area (Å²) in [5, 5.41) is 2.25. The summed E-state index contributed by atoms with van der Waals surface area (Å²) < 4.78 is 6.26. The van der Waals surface area contributed by atoms with Crippen LogP contribution in [0.25, 0.3) is 89.2 Å². The minimum absolute atomic E-state index is 0.375. The van der Waals surface area contributed by atoms with Crippen molar-refractivity contribution in [3.63, 3.8) is 0 Å². The van der Waals surface area contributed by atoms with Crippen LogP contribution in [0.15, 0.2) is 205 Å². The van der Waals surface area contributed by atoms with Gasteiger partial charge in [0.15, 0.2) is 5.82 Å². The molecule has 0 N–H and O–H groups in total. The molecule has 10 aromatic rings. The van der Waals surface area contributed by atoms with Crippen LogP contribution < -0.4 is 0 Å². The summed E-state index contributed by atoms with van der Waals surface area (Å²) in [6, 6.07) is 71.1. The minimum atomic E-state index is -0.375. The van der Waals surface area contributed by atoms with E-state index in [1.807, 2.05) is 30.3 Å². The molecule has 0 spiro atoms. The standard InChI is InChI=1S/C54H36N2O/c1-54(41-21-9-4-10-22-41)46-25-14-24-42(35-15-5-2-6-16-35)52(46)45-30-28-40(32-47(45)54)49-34-48(55-53(56-49)36-17-7-3-8-18-36)39-20-13-19-37(31-39)38-27-29-44-43-23-11-12-26-50(43)57-51(44)33-38/h2-34H,1H3. The average molecular weight is 729 g/mol. The molecule has 0 saturated carbocycles. The lowest BCUT2D eigenvalue weighted by Gasteiger charge is -2.28. The molecule has 8 aromatic carbocycles. The fourth-order valence-corrected chi connectivity index (χ4v) is 8.90. The zero-order valence-electron chi connectivity index (χ0n) is 31.4. The molecule has 1 aliphatic rings. The molecular formula is C54H36N2O. The van der Waals surface area contributed by atoms with Crippen molar-refractivity contribution in [2.45, 2.75) is 12.3 Å². The van der Waals surface area contributed by atoms with Gasteiger partial charge in [0, 0.05) is 32.9 Å². The van der Waals surface area contributed by atoms with Crippen molar-refractivity contribution in [1.29, 1.82) is 0 Å². The van der Waals surface area contributed by atoms with Crippen LogP contribution in [0, 0.1) is 0 Å². The van der Waals surface area contributed by atoms with Gasteiger partial charge in [0.05, 0.1) is 11.4 Å². The van der Waals surface area contributed by atoms with Crippen LogP contribution in [0.3, 0.4) is 0 Å². The lowest BCUT2D eigenvalue weighted by molar-refractivity contribution is 0.669. The average Bonchev–Trinajstić information content (AvgIpc) is 3.79. The number of furan rings is 1. The Morgan fingerprint density at radius 1 is 0.386 bits per heavy atom. The zero-order valence-corrected chi connectivity index (χ0v) is 31.4. The Morgan fingerprint density at radius 2 is 0.982 bits per heavy atom. The number of benzene rings is 8. The second-order valence-electron chi connectivity index (χ2n) is 15.1. The topological polar surface area (TPSA) is 38.9 Å². The predicted octanol–water partition coefficient (Wildman–Crippen LogP) is 14.0. The monoisotopic (exact) mass is 728 g/mol. The van der Waals surface area contributed by atoms with Gasteiger partial charge in [-0.05, 0) is 93.4 Å². The molecule has 2 heterocycles. The van der Waals surface area contributed by atoms with Gasteiger partial charge in [-0.1, -0.05) is 164 Å². The maximum Gasteiger partial charge on any atom is 0.160 e. The van der Waals surface area contributed by atoms with E-state index in [2.05, 4.69) is 177 Å². The molecule has 0 amide bonds. The van der Waals surface area contributed by atoms with E-state index in [4.69, 9.17) is 14.4 Å². The molecule has 1 aliphatic carbocycles. The zero-order chi connectivity index (χ0) is 37.9. The third-order valence-corrected chi connectivity index (χ3v) is 11.8. The summed E-state index contributed by atoms with van der Waals surface area (Å²) in [7, 11) is 0. The summed E-state index contributed by atoms with van der Waals surface area (Å²) >= 11 is 0. The first-order valence-corrected chi connectivity index (χ1v) is 19.5. The fraction of sp³-hybridized carbons (Fsp3) is 0.0370. The Morgan fingerprint density at radius 3 is 1.77 bits per heavy atom. The second-order valence-corrected chi connectivity index (χ2v) is 15.1. The van der Waals surface area contributed by atoms with Crippen molar-refractivity contribution >= 4 is 21.9 Å². The molecular weight excluding hydrogens is 693 g/mol. The van der Waals surface area contributed by atoms with Crippen LogP contribution in [-0.2, 0) is 5.41 Å². The normalized spacial score (nSPS) is 14.5. The molecule has 1 unspecified atom stereocenters. The summed E-state index contributed by atoms with van der Waals surface area (Å²) in [5.41, 5.74) is 17.3. The van der Waals surface area contributed by atoms with Gasteiger partial charge in [-0.15, -0.1) is 0 Å². The maximum absolute atomic E-state index is 6.26. The first kappa shape index (κ1) is 33.0. The number of hydrogen-bond acceptors (Lipinski definition) is 3. The number of rotatable bonds is 6. The smallest absolute Gasteiger partial charge is 0.160 e. The van der Waals surface area contributed by atoms with Gasteiger partial charge >= 0.3 is 0 Å². The van der Waals surface area contributed by atoms with Crippen molar-refractivity contribution < 1.29 is 4.42 Å². The highest BCUT2D eigenvalue weighted by Gasteiger charge is 2.42. The van der Waals surface area contributed by atoms with Gasteiger partial charge < -0.3 is 4.42 Å². The molecule has 1 atom stereocenters. The van der Waals surface area contributed by atoms with Gasteiger partial charge in [-0.2, -0.15) is 0 Å². The highest BCUT2D eigenvalue weighted by atomic mass is 16.3. The van der Waals surface area contributed by atoms with Crippen molar-refractivity contribution in [2.24, 2.45) is 0 Å².